The Hall–Kier alpha value is -2.49. The zero-order chi connectivity index (χ0) is 14.8. The van der Waals surface area contributed by atoms with Crippen LogP contribution in [0.2, 0.25) is 0 Å². The number of amides is 1. The van der Waals surface area contributed by atoms with Gasteiger partial charge in [-0.1, -0.05) is 24.3 Å². The first-order valence-corrected chi connectivity index (χ1v) is 7.10. The van der Waals surface area contributed by atoms with Crippen molar-refractivity contribution in [3.8, 4) is 5.75 Å². The molecular weight excluding hydrogens is 264 g/mol. The molecule has 1 aliphatic rings. The Labute approximate surface area is 124 Å². The summed E-state index contributed by atoms with van der Waals surface area (Å²) in [7, 11) is 0. The number of hydrogen-bond acceptors (Lipinski definition) is 3. The van der Waals surface area contributed by atoms with Crippen molar-refractivity contribution in [3.63, 3.8) is 0 Å². The molecule has 1 atom stereocenters. The van der Waals surface area contributed by atoms with Gasteiger partial charge in [0.1, 0.15) is 5.75 Å². The Morgan fingerprint density at radius 2 is 2.10 bits per heavy atom. The van der Waals surface area contributed by atoms with Crippen LogP contribution in [0.15, 0.2) is 48.5 Å². The standard InChI is InChI=1S/C17H18N2O2/c1-2-19(14-8-5-7-13(18)11-14)17(20)16-10-12-6-3-4-9-15(12)21-16/h3-9,11,16H,2,10,18H2,1H3. The maximum absolute atomic E-state index is 12.7. The van der Waals surface area contributed by atoms with Crippen LogP contribution in [0.1, 0.15) is 12.5 Å². The summed E-state index contributed by atoms with van der Waals surface area (Å²) < 4.78 is 5.78. The molecule has 0 fully saturated rings. The second kappa shape index (κ2) is 5.48. The van der Waals surface area contributed by atoms with Gasteiger partial charge in [0.2, 0.25) is 0 Å². The monoisotopic (exact) mass is 282 g/mol. The minimum absolute atomic E-state index is 0.0284. The third-order valence-electron chi connectivity index (χ3n) is 3.69. The summed E-state index contributed by atoms with van der Waals surface area (Å²) in [6.45, 7) is 2.53. The number of carbonyl (C=O) groups is 1. The van der Waals surface area contributed by atoms with Crippen molar-refractivity contribution < 1.29 is 9.53 Å². The van der Waals surface area contributed by atoms with Crippen LogP contribution in [0.4, 0.5) is 11.4 Å². The van der Waals surface area contributed by atoms with E-state index in [4.69, 9.17) is 10.5 Å². The molecule has 4 heteroatoms. The average Bonchev–Trinajstić information content (AvgIpc) is 2.92. The molecule has 1 heterocycles. The number of benzene rings is 2. The van der Waals surface area contributed by atoms with E-state index in [0.29, 0.717) is 18.7 Å². The Morgan fingerprint density at radius 1 is 1.29 bits per heavy atom. The van der Waals surface area contributed by atoms with E-state index in [9.17, 15) is 4.79 Å². The first-order valence-electron chi connectivity index (χ1n) is 7.10. The van der Waals surface area contributed by atoms with Crippen molar-refractivity contribution >= 4 is 17.3 Å². The predicted octanol–water partition coefficient (Wildman–Crippen LogP) is 2.63. The molecular formula is C17H18N2O2. The number of para-hydroxylation sites is 1. The Morgan fingerprint density at radius 3 is 2.81 bits per heavy atom. The third kappa shape index (κ3) is 2.57. The lowest BCUT2D eigenvalue weighted by Gasteiger charge is -2.24. The van der Waals surface area contributed by atoms with E-state index < -0.39 is 6.10 Å². The molecule has 108 valence electrons. The van der Waals surface area contributed by atoms with E-state index in [1.54, 1.807) is 4.90 Å². The van der Waals surface area contributed by atoms with Gasteiger partial charge in [0.15, 0.2) is 6.10 Å². The molecule has 0 saturated heterocycles. The van der Waals surface area contributed by atoms with Crippen LogP contribution in [-0.4, -0.2) is 18.6 Å². The smallest absolute Gasteiger partial charge is 0.268 e. The van der Waals surface area contributed by atoms with Gasteiger partial charge in [-0.3, -0.25) is 4.79 Å². The maximum atomic E-state index is 12.7. The largest absolute Gasteiger partial charge is 0.480 e. The molecule has 0 radical (unpaired) electrons. The SMILES string of the molecule is CCN(C(=O)C1Cc2ccccc2O1)c1cccc(N)c1. The molecule has 4 nitrogen and oxygen atoms in total. The van der Waals surface area contributed by atoms with Gasteiger partial charge in [0.05, 0.1) is 0 Å². The molecule has 3 rings (SSSR count). The van der Waals surface area contributed by atoms with Gasteiger partial charge in [-0.05, 0) is 36.8 Å². The molecule has 0 bridgehead atoms. The van der Waals surface area contributed by atoms with Crippen LogP contribution >= 0.6 is 0 Å². The average molecular weight is 282 g/mol. The predicted molar refractivity (Wildman–Crippen MR) is 83.4 cm³/mol. The Balaban J connectivity index is 1.81. The maximum Gasteiger partial charge on any atom is 0.268 e. The second-order valence-corrected chi connectivity index (χ2v) is 5.10. The van der Waals surface area contributed by atoms with Crippen LogP contribution in [0, 0.1) is 0 Å². The summed E-state index contributed by atoms with van der Waals surface area (Å²) in [5.74, 6) is 0.777. The summed E-state index contributed by atoms with van der Waals surface area (Å²) >= 11 is 0. The molecule has 0 aromatic heterocycles. The number of ether oxygens (including phenoxy) is 1. The summed E-state index contributed by atoms with van der Waals surface area (Å²) in [6, 6.07) is 15.1. The number of likely N-dealkylation sites (N-methyl/N-ethyl adjacent to an activating group) is 1. The van der Waals surface area contributed by atoms with Gasteiger partial charge < -0.3 is 15.4 Å². The first-order chi connectivity index (χ1) is 10.2. The number of hydrogen-bond donors (Lipinski definition) is 1. The zero-order valence-corrected chi connectivity index (χ0v) is 12.0. The van der Waals surface area contributed by atoms with E-state index in [1.807, 2.05) is 55.5 Å². The van der Waals surface area contributed by atoms with E-state index in [1.165, 1.54) is 0 Å². The fourth-order valence-corrected chi connectivity index (χ4v) is 2.65. The van der Waals surface area contributed by atoms with Gasteiger partial charge in [-0.15, -0.1) is 0 Å². The summed E-state index contributed by atoms with van der Waals surface area (Å²) in [5.41, 5.74) is 8.34. The molecule has 1 unspecified atom stereocenters. The molecule has 21 heavy (non-hydrogen) atoms. The third-order valence-corrected chi connectivity index (χ3v) is 3.69. The van der Waals surface area contributed by atoms with Crippen molar-refractivity contribution in [2.45, 2.75) is 19.4 Å². The van der Waals surface area contributed by atoms with Gasteiger partial charge in [0.25, 0.3) is 5.91 Å². The second-order valence-electron chi connectivity index (χ2n) is 5.10. The fraction of sp³-hybridized carbons (Fsp3) is 0.235. The molecule has 0 spiro atoms. The lowest BCUT2D eigenvalue weighted by atomic mass is 10.1. The van der Waals surface area contributed by atoms with E-state index in [2.05, 4.69) is 0 Å². The molecule has 0 saturated carbocycles. The molecule has 1 aliphatic heterocycles. The van der Waals surface area contributed by atoms with Crippen LogP contribution in [0.25, 0.3) is 0 Å². The lowest BCUT2D eigenvalue weighted by Crippen LogP contribution is -2.41. The van der Waals surface area contributed by atoms with Crippen molar-refractivity contribution in [1.29, 1.82) is 0 Å². The number of anilines is 2. The Kier molecular flexibility index (Phi) is 3.52. The fourth-order valence-electron chi connectivity index (χ4n) is 2.65. The highest BCUT2D eigenvalue weighted by Gasteiger charge is 2.32. The topological polar surface area (TPSA) is 55.6 Å². The number of fused-ring (bicyclic) bond motifs is 1. The minimum atomic E-state index is -0.455. The minimum Gasteiger partial charge on any atom is -0.480 e. The van der Waals surface area contributed by atoms with E-state index >= 15 is 0 Å². The lowest BCUT2D eigenvalue weighted by molar-refractivity contribution is -0.124. The van der Waals surface area contributed by atoms with Crippen molar-refractivity contribution in [3.05, 3.63) is 54.1 Å². The highest BCUT2D eigenvalue weighted by Crippen LogP contribution is 2.30. The van der Waals surface area contributed by atoms with Crippen LogP contribution in [0.3, 0.4) is 0 Å². The van der Waals surface area contributed by atoms with Gasteiger partial charge in [0, 0.05) is 24.3 Å². The van der Waals surface area contributed by atoms with Crippen molar-refractivity contribution in [2.75, 3.05) is 17.2 Å². The summed E-state index contributed by atoms with van der Waals surface area (Å²) in [6.07, 6.45) is 0.164. The van der Waals surface area contributed by atoms with Crippen LogP contribution in [0.5, 0.6) is 5.75 Å². The molecule has 1 amide bonds. The quantitative estimate of drug-likeness (QED) is 0.880. The molecule has 2 N–H and O–H groups in total. The van der Waals surface area contributed by atoms with E-state index in [0.717, 1.165) is 17.0 Å². The normalized spacial score (nSPS) is 16.1. The van der Waals surface area contributed by atoms with Gasteiger partial charge >= 0.3 is 0 Å². The van der Waals surface area contributed by atoms with Crippen molar-refractivity contribution in [2.24, 2.45) is 0 Å². The van der Waals surface area contributed by atoms with E-state index in [-0.39, 0.29) is 5.91 Å². The zero-order valence-electron chi connectivity index (χ0n) is 12.0. The number of rotatable bonds is 3. The number of nitrogens with zero attached hydrogens (tertiary/aromatic N) is 1. The van der Waals surface area contributed by atoms with Crippen LogP contribution in [-0.2, 0) is 11.2 Å². The molecule has 0 aliphatic carbocycles. The number of nitrogen functional groups attached to an aromatic ring is 1. The Bertz CT molecular complexity index is 644. The first kappa shape index (κ1) is 13.5. The van der Waals surface area contributed by atoms with Crippen LogP contribution < -0.4 is 15.4 Å². The number of carbonyl (C=O) groups excluding carboxylic acids is 1. The number of nitrogens with two attached hydrogens (primary N) is 1. The summed E-state index contributed by atoms with van der Waals surface area (Å²) in [5, 5.41) is 0. The summed E-state index contributed by atoms with van der Waals surface area (Å²) in [4.78, 5) is 14.4. The molecule has 2 aromatic carbocycles. The molecule has 2 aromatic rings. The van der Waals surface area contributed by atoms with Gasteiger partial charge in [-0.25, -0.2) is 0 Å². The van der Waals surface area contributed by atoms with Gasteiger partial charge in [-0.2, -0.15) is 0 Å². The highest BCUT2D eigenvalue weighted by molar-refractivity contribution is 5.97. The highest BCUT2D eigenvalue weighted by atomic mass is 16.5. The van der Waals surface area contributed by atoms with Crippen molar-refractivity contribution in [1.82, 2.24) is 0 Å².